The number of ether oxygens (including phenoxy) is 2. The number of benzene rings is 2. The fourth-order valence-electron chi connectivity index (χ4n) is 2.28. The number of nitrogens with zero attached hydrogens (tertiary/aromatic N) is 2. The number of hydrogen-bond donors (Lipinski definition) is 1. The highest BCUT2D eigenvalue weighted by Crippen LogP contribution is 2.30. The van der Waals surface area contributed by atoms with E-state index in [0.717, 1.165) is 22.6 Å². The molecule has 0 aliphatic carbocycles. The quantitative estimate of drug-likeness (QED) is 0.754. The Balaban J connectivity index is 1.99. The van der Waals surface area contributed by atoms with Crippen molar-refractivity contribution in [1.29, 1.82) is 0 Å². The zero-order valence-corrected chi connectivity index (χ0v) is 13.0. The Morgan fingerprint density at radius 3 is 2.46 bits per heavy atom. The molecule has 0 spiro atoms. The molecule has 0 atom stereocenters. The van der Waals surface area contributed by atoms with E-state index in [-0.39, 0.29) is 5.88 Å². The zero-order chi connectivity index (χ0) is 16.9. The van der Waals surface area contributed by atoms with E-state index >= 15 is 0 Å². The number of aliphatic carboxylic acids is 1. The van der Waals surface area contributed by atoms with Gasteiger partial charge in [0.15, 0.2) is 6.61 Å². The maximum absolute atomic E-state index is 10.8. The monoisotopic (exact) mass is 324 g/mol. The van der Waals surface area contributed by atoms with E-state index in [2.05, 4.69) is 5.10 Å². The van der Waals surface area contributed by atoms with Crippen LogP contribution in [-0.2, 0) is 4.79 Å². The first-order chi connectivity index (χ1) is 11.7. The molecule has 0 aliphatic heterocycles. The standard InChI is InChI=1S/C18H16N2O4/c1-23-15-9-7-14(8-10-15)20-11-16(13-5-3-2-4-6-13)18(19-20)24-12-17(21)22/h2-11H,12H2,1H3,(H,21,22). The molecule has 0 amide bonds. The molecule has 0 bridgehead atoms. The van der Waals surface area contributed by atoms with Gasteiger partial charge in [-0.05, 0) is 29.8 Å². The summed E-state index contributed by atoms with van der Waals surface area (Å²) in [7, 11) is 1.61. The molecule has 6 nitrogen and oxygen atoms in total. The first-order valence-corrected chi connectivity index (χ1v) is 7.31. The molecule has 1 N–H and O–H groups in total. The third kappa shape index (κ3) is 3.38. The highest BCUT2D eigenvalue weighted by molar-refractivity contribution is 5.71. The van der Waals surface area contributed by atoms with E-state index in [0.29, 0.717) is 0 Å². The SMILES string of the molecule is COc1ccc(-n2cc(-c3ccccc3)c(OCC(=O)O)n2)cc1. The summed E-state index contributed by atoms with van der Waals surface area (Å²) < 4.78 is 12.1. The lowest BCUT2D eigenvalue weighted by Gasteiger charge is -2.03. The summed E-state index contributed by atoms with van der Waals surface area (Å²) >= 11 is 0. The maximum Gasteiger partial charge on any atom is 0.341 e. The Labute approximate surface area is 138 Å². The van der Waals surface area contributed by atoms with Crippen LogP contribution in [0.2, 0.25) is 0 Å². The summed E-state index contributed by atoms with van der Waals surface area (Å²) in [5, 5.41) is 13.2. The molecule has 1 aromatic heterocycles. The predicted molar refractivity (Wildman–Crippen MR) is 88.7 cm³/mol. The van der Waals surface area contributed by atoms with Crippen molar-refractivity contribution in [2.45, 2.75) is 0 Å². The van der Waals surface area contributed by atoms with Gasteiger partial charge in [-0.1, -0.05) is 30.3 Å². The van der Waals surface area contributed by atoms with Crippen LogP contribution < -0.4 is 9.47 Å². The van der Waals surface area contributed by atoms with Crippen LogP contribution in [0.15, 0.2) is 60.8 Å². The summed E-state index contributed by atoms with van der Waals surface area (Å²) in [6.07, 6.45) is 1.81. The second kappa shape index (κ2) is 6.87. The van der Waals surface area contributed by atoms with Crippen molar-refractivity contribution in [3.05, 3.63) is 60.8 Å². The van der Waals surface area contributed by atoms with Gasteiger partial charge in [-0.2, -0.15) is 0 Å². The van der Waals surface area contributed by atoms with Crippen molar-refractivity contribution in [3.63, 3.8) is 0 Å². The van der Waals surface area contributed by atoms with Crippen molar-refractivity contribution < 1.29 is 19.4 Å². The number of aromatic nitrogens is 2. The van der Waals surface area contributed by atoms with E-state index in [4.69, 9.17) is 14.6 Å². The predicted octanol–water partition coefficient (Wildman–Crippen LogP) is 3.01. The molecule has 0 saturated heterocycles. The van der Waals surface area contributed by atoms with Gasteiger partial charge in [0.2, 0.25) is 5.88 Å². The third-order valence-electron chi connectivity index (χ3n) is 3.43. The Morgan fingerprint density at radius 1 is 1.12 bits per heavy atom. The molecular formula is C18H16N2O4. The minimum absolute atomic E-state index is 0.277. The largest absolute Gasteiger partial charge is 0.497 e. The molecule has 3 aromatic rings. The topological polar surface area (TPSA) is 73.6 Å². The van der Waals surface area contributed by atoms with Gasteiger partial charge >= 0.3 is 5.97 Å². The average Bonchev–Trinajstić information content (AvgIpc) is 3.05. The number of carboxylic acid groups (broad SMARTS) is 1. The van der Waals surface area contributed by atoms with E-state index in [1.807, 2.05) is 60.8 Å². The summed E-state index contributed by atoms with van der Waals surface area (Å²) in [5.74, 6) is -0.0241. The second-order valence-electron chi connectivity index (χ2n) is 5.04. The third-order valence-corrected chi connectivity index (χ3v) is 3.43. The van der Waals surface area contributed by atoms with Gasteiger partial charge in [0.25, 0.3) is 0 Å². The minimum atomic E-state index is -1.05. The molecule has 0 fully saturated rings. The van der Waals surface area contributed by atoms with E-state index in [1.165, 1.54) is 0 Å². The molecule has 122 valence electrons. The van der Waals surface area contributed by atoms with Crippen LogP contribution >= 0.6 is 0 Å². The Bertz CT molecular complexity index is 826. The molecule has 0 aliphatic rings. The van der Waals surface area contributed by atoms with Crippen molar-refractivity contribution in [2.24, 2.45) is 0 Å². The van der Waals surface area contributed by atoms with Crippen LogP contribution in [0.3, 0.4) is 0 Å². The van der Waals surface area contributed by atoms with Gasteiger partial charge in [-0.15, -0.1) is 5.10 Å². The van der Waals surface area contributed by atoms with Crippen molar-refractivity contribution in [3.8, 4) is 28.4 Å². The average molecular weight is 324 g/mol. The smallest absolute Gasteiger partial charge is 0.341 e. The summed E-state index contributed by atoms with van der Waals surface area (Å²) in [6.45, 7) is -0.445. The van der Waals surface area contributed by atoms with Crippen LogP contribution in [0.1, 0.15) is 0 Å². The number of carboxylic acids is 1. The van der Waals surface area contributed by atoms with E-state index in [1.54, 1.807) is 11.8 Å². The fourth-order valence-corrected chi connectivity index (χ4v) is 2.28. The second-order valence-corrected chi connectivity index (χ2v) is 5.04. The summed E-state index contributed by atoms with van der Waals surface area (Å²) in [6, 6.07) is 16.9. The molecular weight excluding hydrogens is 308 g/mol. The van der Waals surface area contributed by atoms with E-state index < -0.39 is 12.6 Å². The first kappa shape index (κ1) is 15.6. The molecule has 0 radical (unpaired) electrons. The fraction of sp³-hybridized carbons (Fsp3) is 0.111. The lowest BCUT2D eigenvalue weighted by molar-refractivity contribution is -0.139. The summed E-state index contributed by atoms with van der Waals surface area (Å²) in [4.78, 5) is 10.8. The Morgan fingerprint density at radius 2 is 1.83 bits per heavy atom. The normalized spacial score (nSPS) is 10.4. The van der Waals surface area contributed by atoms with Crippen molar-refractivity contribution in [2.75, 3.05) is 13.7 Å². The molecule has 3 rings (SSSR count). The molecule has 6 heteroatoms. The zero-order valence-electron chi connectivity index (χ0n) is 13.0. The maximum atomic E-state index is 10.8. The van der Waals surface area contributed by atoms with Gasteiger partial charge in [-0.25, -0.2) is 9.48 Å². The van der Waals surface area contributed by atoms with Crippen LogP contribution in [0, 0.1) is 0 Å². The van der Waals surface area contributed by atoms with Crippen LogP contribution in [0.25, 0.3) is 16.8 Å². The molecule has 2 aromatic carbocycles. The van der Waals surface area contributed by atoms with Crippen LogP contribution in [-0.4, -0.2) is 34.6 Å². The van der Waals surface area contributed by atoms with Gasteiger partial charge in [0, 0.05) is 6.20 Å². The van der Waals surface area contributed by atoms with Crippen LogP contribution in [0.4, 0.5) is 0 Å². The first-order valence-electron chi connectivity index (χ1n) is 7.31. The van der Waals surface area contributed by atoms with Crippen molar-refractivity contribution in [1.82, 2.24) is 9.78 Å². The van der Waals surface area contributed by atoms with Gasteiger partial charge < -0.3 is 14.6 Å². The number of hydrogen-bond acceptors (Lipinski definition) is 4. The molecule has 0 unspecified atom stereocenters. The van der Waals surface area contributed by atoms with Gasteiger partial charge in [0.1, 0.15) is 5.75 Å². The molecule has 24 heavy (non-hydrogen) atoms. The van der Waals surface area contributed by atoms with Gasteiger partial charge in [-0.3, -0.25) is 0 Å². The lowest BCUT2D eigenvalue weighted by atomic mass is 10.1. The molecule has 1 heterocycles. The number of carbonyl (C=O) groups is 1. The van der Waals surface area contributed by atoms with Crippen LogP contribution in [0.5, 0.6) is 11.6 Å². The number of methoxy groups -OCH3 is 1. The minimum Gasteiger partial charge on any atom is -0.497 e. The van der Waals surface area contributed by atoms with Crippen molar-refractivity contribution >= 4 is 5.97 Å². The Hall–Kier alpha value is -3.28. The molecule has 0 saturated carbocycles. The van der Waals surface area contributed by atoms with E-state index in [9.17, 15) is 4.79 Å². The van der Waals surface area contributed by atoms with Gasteiger partial charge in [0.05, 0.1) is 18.4 Å². The highest BCUT2D eigenvalue weighted by Gasteiger charge is 2.14. The summed E-state index contributed by atoms with van der Waals surface area (Å²) in [5.41, 5.74) is 2.45. The Kier molecular flexibility index (Phi) is 4.47. The lowest BCUT2D eigenvalue weighted by Crippen LogP contribution is -2.10. The number of rotatable bonds is 6. The highest BCUT2D eigenvalue weighted by atomic mass is 16.5.